The van der Waals surface area contributed by atoms with Crippen molar-refractivity contribution in [2.75, 3.05) is 26.4 Å². The van der Waals surface area contributed by atoms with E-state index in [0.717, 1.165) is 0 Å². The van der Waals surface area contributed by atoms with Crippen molar-refractivity contribution in [2.24, 2.45) is 0 Å². The first kappa shape index (κ1) is 21.2. The second-order valence-corrected chi connectivity index (χ2v) is 6.81. The molecule has 0 bridgehead atoms. The quantitative estimate of drug-likeness (QED) is 0.404. The second-order valence-electron chi connectivity index (χ2n) is 4.74. The number of ether oxygens (including phenoxy) is 2. The van der Waals surface area contributed by atoms with Crippen LogP contribution in [0.3, 0.4) is 0 Å². The zero-order valence-electron chi connectivity index (χ0n) is 14.5. The Labute approximate surface area is 141 Å². The third kappa shape index (κ3) is 4.83. The Morgan fingerprint density at radius 3 is 1.75 bits per heavy atom. The van der Waals surface area contributed by atoms with E-state index in [2.05, 4.69) is 0 Å². The molecule has 0 fully saturated rings. The fraction of sp³-hybridized carbons (Fsp3) is 0.625. The summed E-state index contributed by atoms with van der Waals surface area (Å²) in [6.45, 7) is 7.17. The normalized spacial score (nSPS) is 12.8. The van der Waals surface area contributed by atoms with E-state index in [9.17, 15) is 13.3 Å². The van der Waals surface area contributed by atoms with Crippen LogP contribution in [-0.4, -0.2) is 26.4 Å². The van der Waals surface area contributed by atoms with Crippen molar-refractivity contribution in [1.29, 1.82) is 0 Å². The van der Waals surface area contributed by atoms with Crippen molar-refractivity contribution in [3.8, 4) is 0 Å². The largest absolute Gasteiger partial charge is 0.404 e. The van der Waals surface area contributed by atoms with Gasteiger partial charge in [-0.05, 0) is 27.7 Å². The molecule has 0 saturated carbocycles. The van der Waals surface area contributed by atoms with Gasteiger partial charge in [0.05, 0.1) is 13.2 Å². The predicted octanol–water partition coefficient (Wildman–Crippen LogP) is 5.07. The molecule has 1 aromatic carbocycles. The molecular weight excluding hydrogens is 341 g/mol. The van der Waals surface area contributed by atoms with Gasteiger partial charge < -0.3 is 18.5 Å². The lowest BCUT2D eigenvalue weighted by Crippen LogP contribution is -2.18. The molecule has 138 valence electrons. The first-order valence-electron chi connectivity index (χ1n) is 7.96. The third-order valence-corrected chi connectivity index (χ3v) is 5.25. The van der Waals surface area contributed by atoms with Gasteiger partial charge in [-0.1, -0.05) is 24.3 Å². The highest BCUT2D eigenvalue weighted by Gasteiger charge is 2.54. The summed E-state index contributed by atoms with van der Waals surface area (Å²) in [6.07, 6.45) is -0.631. The van der Waals surface area contributed by atoms with Gasteiger partial charge >= 0.3 is 13.3 Å². The number of hydrogen-bond donors (Lipinski definition) is 0. The van der Waals surface area contributed by atoms with Crippen molar-refractivity contribution in [2.45, 2.75) is 39.6 Å². The monoisotopic (exact) mass is 366 g/mol. The zero-order valence-corrected chi connectivity index (χ0v) is 15.4. The molecule has 0 aliphatic rings. The molecule has 0 atom stereocenters. The van der Waals surface area contributed by atoms with Crippen molar-refractivity contribution < 1.29 is 31.9 Å². The summed E-state index contributed by atoms with van der Waals surface area (Å²) in [5.41, 5.74) is -3.59. The molecule has 0 amide bonds. The van der Waals surface area contributed by atoms with E-state index >= 15 is 0 Å². The van der Waals surface area contributed by atoms with Gasteiger partial charge in [-0.3, -0.25) is 4.57 Å². The SMILES string of the molecule is CCOC(OCC)c1ccc(C(F)(F)P(=O)(OCC)OCC)cc1. The zero-order chi connectivity index (χ0) is 18.2. The Bertz CT molecular complexity index is 520. The van der Waals surface area contributed by atoms with E-state index in [1.54, 1.807) is 0 Å². The summed E-state index contributed by atoms with van der Waals surface area (Å²) in [5.74, 6) is 0. The van der Waals surface area contributed by atoms with Crippen LogP contribution < -0.4 is 0 Å². The predicted molar refractivity (Wildman–Crippen MR) is 87.2 cm³/mol. The number of hydrogen-bond acceptors (Lipinski definition) is 5. The molecule has 8 heteroatoms. The minimum atomic E-state index is -4.60. The van der Waals surface area contributed by atoms with E-state index in [0.29, 0.717) is 18.8 Å². The van der Waals surface area contributed by atoms with Crippen LogP contribution in [0.1, 0.15) is 45.1 Å². The molecular formula is C16H25F2O5P. The van der Waals surface area contributed by atoms with E-state index in [1.807, 2.05) is 13.8 Å². The molecule has 0 aromatic heterocycles. The Morgan fingerprint density at radius 1 is 0.917 bits per heavy atom. The van der Waals surface area contributed by atoms with Gasteiger partial charge in [-0.25, -0.2) is 0 Å². The molecule has 0 spiro atoms. The van der Waals surface area contributed by atoms with Gasteiger partial charge in [-0.2, -0.15) is 8.78 Å². The maximum atomic E-state index is 14.6. The Balaban J connectivity index is 3.10. The maximum absolute atomic E-state index is 14.6. The van der Waals surface area contributed by atoms with Gasteiger partial charge in [-0.15, -0.1) is 0 Å². The first-order chi connectivity index (χ1) is 11.4. The number of benzene rings is 1. The summed E-state index contributed by atoms with van der Waals surface area (Å²) in [6, 6.07) is 5.29. The lowest BCUT2D eigenvalue weighted by molar-refractivity contribution is -0.140. The first-order valence-corrected chi connectivity index (χ1v) is 9.51. The molecule has 5 nitrogen and oxygen atoms in total. The molecule has 1 rings (SSSR count). The molecule has 0 aliphatic carbocycles. The Hall–Kier alpha value is -0.850. The lowest BCUT2D eigenvalue weighted by atomic mass is 10.1. The summed E-state index contributed by atoms with van der Waals surface area (Å²) in [5, 5.41) is 0. The number of halogens is 2. The Morgan fingerprint density at radius 2 is 1.38 bits per heavy atom. The average molecular weight is 366 g/mol. The molecule has 1 aromatic rings. The summed E-state index contributed by atoms with van der Waals surface area (Å²) in [7, 11) is -4.60. The van der Waals surface area contributed by atoms with E-state index in [-0.39, 0.29) is 13.2 Å². The minimum absolute atomic E-state index is 0.137. The summed E-state index contributed by atoms with van der Waals surface area (Å²) >= 11 is 0. The van der Waals surface area contributed by atoms with E-state index in [1.165, 1.54) is 38.1 Å². The summed E-state index contributed by atoms with van der Waals surface area (Å²) < 4.78 is 62.1. The van der Waals surface area contributed by atoms with Crippen molar-refractivity contribution in [1.82, 2.24) is 0 Å². The van der Waals surface area contributed by atoms with Crippen molar-refractivity contribution in [3.05, 3.63) is 35.4 Å². The molecule has 0 N–H and O–H groups in total. The van der Waals surface area contributed by atoms with Crippen LogP contribution in [-0.2, 0) is 28.7 Å². The summed E-state index contributed by atoms with van der Waals surface area (Å²) in [4.78, 5) is 0. The number of rotatable bonds is 11. The van der Waals surface area contributed by atoms with Crippen LogP contribution in [0.4, 0.5) is 8.78 Å². The van der Waals surface area contributed by atoms with Crippen molar-refractivity contribution >= 4 is 7.60 Å². The highest BCUT2D eigenvalue weighted by molar-refractivity contribution is 7.54. The molecule has 0 saturated heterocycles. The van der Waals surface area contributed by atoms with Crippen LogP contribution >= 0.6 is 7.60 Å². The van der Waals surface area contributed by atoms with E-state index in [4.69, 9.17) is 18.5 Å². The van der Waals surface area contributed by atoms with Crippen LogP contribution in [0.15, 0.2) is 24.3 Å². The second kappa shape index (κ2) is 9.59. The van der Waals surface area contributed by atoms with Gasteiger partial charge in [0.1, 0.15) is 0 Å². The molecule has 24 heavy (non-hydrogen) atoms. The third-order valence-electron chi connectivity index (χ3n) is 3.11. The molecule has 0 radical (unpaired) electrons. The fourth-order valence-electron chi connectivity index (χ4n) is 2.08. The molecule has 0 aliphatic heterocycles. The van der Waals surface area contributed by atoms with Crippen LogP contribution in [0, 0.1) is 0 Å². The van der Waals surface area contributed by atoms with Crippen LogP contribution in [0.25, 0.3) is 0 Å². The standard InChI is InChI=1S/C16H25F2O5P/c1-5-20-15(21-6-2)13-9-11-14(12-10-13)16(17,18)24(19,22-7-3)23-8-4/h9-12,15H,5-8H2,1-4H3. The van der Waals surface area contributed by atoms with Crippen LogP contribution in [0.5, 0.6) is 0 Å². The van der Waals surface area contributed by atoms with E-state index < -0.39 is 25.1 Å². The number of alkyl halides is 2. The van der Waals surface area contributed by atoms with Crippen LogP contribution in [0.2, 0.25) is 0 Å². The lowest BCUT2D eigenvalue weighted by Gasteiger charge is -2.26. The maximum Gasteiger partial charge on any atom is 0.404 e. The fourth-order valence-corrected chi connectivity index (χ4v) is 3.63. The molecule has 0 heterocycles. The van der Waals surface area contributed by atoms with Gasteiger partial charge in [0.25, 0.3) is 0 Å². The topological polar surface area (TPSA) is 54.0 Å². The van der Waals surface area contributed by atoms with Gasteiger partial charge in [0.15, 0.2) is 6.29 Å². The van der Waals surface area contributed by atoms with Crippen molar-refractivity contribution in [3.63, 3.8) is 0 Å². The molecule has 0 unspecified atom stereocenters. The Kier molecular flexibility index (Phi) is 8.46. The highest BCUT2D eigenvalue weighted by atomic mass is 31.2. The highest BCUT2D eigenvalue weighted by Crippen LogP contribution is 2.66. The smallest absolute Gasteiger partial charge is 0.349 e. The minimum Gasteiger partial charge on any atom is -0.349 e. The average Bonchev–Trinajstić information content (AvgIpc) is 2.55. The van der Waals surface area contributed by atoms with Gasteiger partial charge in [0.2, 0.25) is 0 Å². The van der Waals surface area contributed by atoms with Gasteiger partial charge in [0, 0.05) is 24.3 Å².